The van der Waals surface area contributed by atoms with Gasteiger partial charge in [0.25, 0.3) is 0 Å². The van der Waals surface area contributed by atoms with Gasteiger partial charge in [0.05, 0.1) is 5.52 Å². The highest BCUT2D eigenvalue weighted by Gasteiger charge is 2.13. The van der Waals surface area contributed by atoms with Crippen LogP contribution in [0.5, 0.6) is 0 Å². The highest BCUT2D eigenvalue weighted by molar-refractivity contribution is 7.26. The van der Waals surface area contributed by atoms with Gasteiger partial charge in [0, 0.05) is 47.2 Å². The molecule has 0 aliphatic carbocycles. The van der Waals surface area contributed by atoms with Crippen LogP contribution < -0.4 is 0 Å². The molecule has 1 N–H and O–H groups in total. The lowest BCUT2D eigenvalue weighted by atomic mass is 10.0. The van der Waals surface area contributed by atoms with Crippen molar-refractivity contribution in [3.63, 3.8) is 0 Å². The molecule has 0 spiro atoms. The van der Waals surface area contributed by atoms with Crippen LogP contribution >= 0.6 is 11.3 Å². The summed E-state index contributed by atoms with van der Waals surface area (Å²) in [5, 5.41) is 8.19. The second-order valence-electron chi connectivity index (χ2n) is 10.6. The van der Waals surface area contributed by atoms with Crippen molar-refractivity contribution < 1.29 is 0 Å². The van der Waals surface area contributed by atoms with Gasteiger partial charge < -0.3 is 4.98 Å². The van der Waals surface area contributed by atoms with E-state index >= 15 is 0 Å². The summed E-state index contributed by atoms with van der Waals surface area (Å²) in [6.45, 7) is 4.56. The zero-order valence-corrected chi connectivity index (χ0v) is 22.6. The lowest BCUT2D eigenvalue weighted by molar-refractivity contribution is 0.667. The van der Waals surface area contributed by atoms with Gasteiger partial charge in [-0.1, -0.05) is 101 Å². The predicted molar refractivity (Wildman–Crippen MR) is 162 cm³/mol. The number of H-pyrrole nitrogens is 1. The zero-order valence-electron chi connectivity index (χ0n) is 21.8. The third-order valence-corrected chi connectivity index (χ3v) is 9.17. The standard InChI is InChI=1S/C34H37NS/c1-3-5-7-9-11-23-13-15-25-27-17-20-30-28(33(27)35-31(25)21-23)18-19-29-26-16-14-24(12-10-8-6-4-2)22-32(26)36-34(29)30/h13-22,35H,3-12H2,1-2H3. The molecule has 0 aliphatic heterocycles. The number of aromatic amines is 1. The second kappa shape index (κ2) is 10.3. The van der Waals surface area contributed by atoms with Gasteiger partial charge in [-0.2, -0.15) is 0 Å². The molecule has 184 valence electrons. The molecule has 0 bridgehead atoms. The number of aromatic nitrogens is 1. The van der Waals surface area contributed by atoms with E-state index in [2.05, 4.69) is 79.5 Å². The minimum Gasteiger partial charge on any atom is -0.354 e. The Morgan fingerprint density at radius 3 is 1.81 bits per heavy atom. The van der Waals surface area contributed by atoms with E-state index in [0.717, 1.165) is 0 Å². The Morgan fingerprint density at radius 1 is 0.556 bits per heavy atom. The fourth-order valence-electron chi connectivity index (χ4n) is 5.93. The van der Waals surface area contributed by atoms with Gasteiger partial charge in [0.15, 0.2) is 0 Å². The topological polar surface area (TPSA) is 15.8 Å². The Hall–Kier alpha value is -2.84. The van der Waals surface area contributed by atoms with Crippen molar-refractivity contribution in [2.24, 2.45) is 0 Å². The molecule has 2 heterocycles. The molecular weight excluding hydrogens is 454 g/mol. The molecule has 0 radical (unpaired) electrons. The van der Waals surface area contributed by atoms with Gasteiger partial charge in [-0.05, 0) is 48.9 Å². The molecule has 2 aromatic heterocycles. The number of rotatable bonds is 10. The Balaban J connectivity index is 1.39. The lowest BCUT2D eigenvalue weighted by Crippen LogP contribution is -1.85. The van der Waals surface area contributed by atoms with Crippen molar-refractivity contribution in [1.29, 1.82) is 0 Å². The van der Waals surface area contributed by atoms with E-state index in [1.54, 1.807) is 0 Å². The van der Waals surface area contributed by atoms with Crippen molar-refractivity contribution in [2.75, 3.05) is 0 Å². The van der Waals surface area contributed by atoms with E-state index in [0.29, 0.717) is 0 Å². The summed E-state index contributed by atoms with van der Waals surface area (Å²) in [5.41, 5.74) is 5.49. The van der Waals surface area contributed by atoms with Gasteiger partial charge in [-0.3, -0.25) is 0 Å². The molecule has 0 aliphatic rings. The number of benzene rings is 4. The van der Waals surface area contributed by atoms with Crippen molar-refractivity contribution >= 4 is 64.1 Å². The Labute approximate surface area is 218 Å². The second-order valence-corrected chi connectivity index (χ2v) is 11.6. The molecule has 36 heavy (non-hydrogen) atoms. The predicted octanol–water partition coefficient (Wildman–Crippen LogP) is 11.1. The highest BCUT2D eigenvalue weighted by Crippen LogP contribution is 2.41. The Morgan fingerprint density at radius 2 is 1.11 bits per heavy atom. The van der Waals surface area contributed by atoms with Crippen LogP contribution in [-0.4, -0.2) is 4.98 Å². The highest BCUT2D eigenvalue weighted by atomic mass is 32.1. The SMILES string of the molecule is CCCCCCc1ccc2c(c1)[nH]c1c2ccc2c1ccc1c3ccc(CCCCCC)cc3sc12. The average molecular weight is 492 g/mol. The number of aryl methyl sites for hydroxylation is 2. The van der Waals surface area contributed by atoms with E-state index in [1.165, 1.54) is 128 Å². The van der Waals surface area contributed by atoms with Crippen LogP contribution in [-0.2, 0) is 12.8 Å². The van der Waals surface area contributed by atoms with E-state index in [4.69, 9.17) is 0 Å². The molecule has 6 rings (SSSR count). The third-order valence-electron chi connectivity index (χ3n) is 7.97. The summed E-state index contributed by atoms with van der Waals surface area (Å²) in [5.74, 6) is 0. The van der Waals surface area contributed by atoms with Crippen LogP contribution in [0.3, 0.4) is 0 Å². The van der Waals surface area contributed by atoms with Crippen LogP contribution in [0.1, 0.15) is 76.3 Å². The summed E-state index contributed by atoms with van der Waals surface area (Å²) in [6.07, 6.45) is 12.9. The molecule has 0 atom stereocenters. The van der Waals surface area contributed by atoms with Crippen LogP contribution in [0.2, 0.25) is 0 Å². The first kappa shape index (κ1) is 23.6. The van der Waals surface area contributed by atoms with Crippen LogP contribution in [0.15, 0.2) is 60.7 Å². The van der Waals surface area contributed by atoms with E-state index in [9.17, 15) is 0 Å². The van der Waals surface area contributed by atoms with Gasteiger partial charge in [-0.25, -0.2) is 0 Å². The maximum Gasteiger partial charge on any atom is 0.0545 e. The number of hydrogen-bond donors (Lipinski definition) is 1. The fraction of sp³-hybridized carbons (Fsp3) is 0.353. The van der Waals surface area contributed by atoms with Crippen molar-refractivity contribution in [1.82, 2.24) is 4.98 Å². The fourth-order valence-corrected chi connectivity index (χ4v) is 7.22. The van der Waals surface area contributed by atoms with Crippen LogP contribution in [0.4, 0.5) is 0 Å². The smallest absolute Gasteiger partial charge is 0.0545 e. The van der Waals surface area contributed by atoms with Gasteiger partial charge >= 0.3 is 0 Å². The lowest BCUT2D eigenvalue weighted by Gasteiger charge is -2.02. The summed E-state index contributed by atoms with van der Waals surface area (Å²) in [4.78, 5) is 3.81. The first-order chi connectivity index (χ1) is 17.8. The zero-order chi connectivity index (χ0) is 24.5. The number of unbranched alkanes of at least 4 members (excludes halogenated alkanes) is 6. The molecule has 1 nitrogen and oxygen atoms in total. The van der Waals surface area contributed by atoms with Gasteiger partial charge in [0.2, 0.25) is 0 Å². The largest absolute Gasteiger partial charge is 0.354 e. The van der Waals surface area contributed by atoms with Gasteiger partial charge in [-0.15, -0.1) is 11.3 Å². The molecule has 0 saturated carbocycles. The van der Waals surface area contributed by atoms with Gasteiger partial charge in [0.1, 0.15) is 0 Å². The first-order valence-electron chi connectivity index (χ1n) is 14.1. The number of hydrogen-bond acceptors (Lipinski definition) is 1. The average Bonchev–Trinajstić information content (AvgIpc) is 3.46. The normalized spacial score (nSPS) is 12.2. The molecule has 0 fully saturated rings. The Kier molecular flexibility index (Phi) is 6.71. The number of thiophene rings is 1. The van der Waals surface area contributed by atoms with Crippen molar-refractivity contribution in [3.8, 4) is 0 Å². The molecule has 0 amide bonds. The van der Waals surface area contributed by atoms with E-state index < -0.39 is 0 Å². The minimum atomic E-state index is 1.18. The summed E-state index contributed by atoms with van der Waals surface area (Å²) >= 11 is 1.97. The molecular formula is C34H37NS. The summed E-state index contributed by atoms with van der Waals surface area (Å²) < 4.78 is 2.85. The maximum absolute atomic E-state index is 3.81. The number of nitrogens with one attached hydrogen (secondary N) is 1. The minimum absolute atomic E-state index is 1.18. The quantitative estimate of drug-likeness (QED) is 0.183. The van der Waals surface area contributed by atoms with Crippen LogP contribution in [0, 0.1) is 0 Å². The summed E-state index contributed by atoms with van der Waals surface area (Å²) in [6, 6.07) is 23.6. The maximum atomic E-state index is 3.81. The van der Waals surface area contributed by atoms with Crippen LogP contribution in [0.25, 0.3) is 52.8 Å². The molecule has 4 aromatic carbocycles. The molecule has 2 heteroatoms. The number of fused-ring (bicyclic) bond motifs is 9. The summed E-state index contributed by atoms with van der Waals surface area (Å²) in [7, 11) is 0. The molecule has 0 unspecified atom stereocenters. The first-order valence-corrected chi connectivity index (χ1v) is 14.9. The van der Waals surface area contributed by atoms with Crippen molar-refractivity contribution in [2.45, 2.75) is 78.1 Å². The van der Waals surface area contributed by atoms with E-state index in [1.807, 2.05) is 11.3 Å². The molecule has 6 aromatic rings. The molecule has 0 saturated heterocycles. The monoisotopic (exact) mass is 491 g/mol. The van der Waals surface area contributed by atoms with E-state index in [-0.39, 0.29) is 0 Å². The Bertz CT molecular complexity index is 1540. The van der Waals surface area contributed by atoms with Crippen molar-refractivity contribution in [3.05, 3.63) is 71.8 Å². The third kappa shape index (κ3) is 4.30.